The van der Waals surface area contributed by atoms with Crippen LogP contribution in [0.15, 0.2) is 24.3 Å². The summed E-state index contributed by atoms with van der Waals surface area (Å²) in [5, 5.41) is 3.59. The largest absolute Gasteiger partial charge is 0.491 e. The molecule has 1 aromatic carbocycles. The van der Waals surface area contributed by atoms with Crippen molar-refractivity contribution in [3.63, 3.8) is 0 Å². The van der Waals surface area contributed by atoms with Crippen molar-refractivity contribution in [1.29, 1.82) is 0 Å². The first kappa shape index (κ1) is 15.3. The summed E-state index contributed by atoms with van der Waals surface area (Å²) in [6, 6.07) is 8.48. The molecule has 0 aliphatic carbocycles. The highest BCUT2D eigenvalue weighted by molar-refractivity contribution is 5.38. The number of likely N-dealkylation sites (N-methyl/N-ethyl adjacent to an activating group) is 1. The van der Waals surface area contributed by atoms with E-state index in [1.807, 2.05) is 6.07 Å². The summed E-state index contributed by atoms with van der Waals surface area (Å²) in [5.41, 5.74) is 1.05. The molecule has 2 unspecified atom stereocenters. The van der Waals surface area contributed by atoms with Crippen LogP contribution >= 0.6 is 0 Å². The molecule has 3 nitrogen and oxygen atoms in total. The van der Waals surface area contributed by atoms with Crippen molar-refractivity contribution in [3.8, 4) is 5.75 Å². The predicted molar refractivity (Wildman–Crippen MR) is 82.2 cm³/mol. The first-order valence-electron chi connectivity index (χ1n) is 7.69. The third-order valence-corrected chi connectivity index (χ3v) is 3.86. The summed E-state index contributed by atoms with van der Waals surface area (Å²) in [7, 11) is 0. The summed E-state index contributed by atoms with van der Waals surface area (Å²) in [5.74, 6) is 0.963. The number of hydrogen-bond donors (Lipinski definition) is 1. The van der Waals surface area contributed by atoms with E-state index in [1.165, 1.54) is 5.56 Å². The van der Waals surface area contributed by atoms with Gasteiger partial charge in [-0.25, -0.2) is 0 Å². The summed E-state index contributed by atoms with van der Waals surface area (Å²) >= 11 is 0. The standard InChI is InChI=1S/C17H27NO2/c1-5-18-16(17(4)11-8-12-19-17)14-9-6-7-10-15(14)20-13(2)3/h6-7,9-10,13,16,18H,5,8,11-12H2,1-4H3. The molecule has 0 amide bonds. The monoisotopic (exact) mass is 277 g/mol. The lowest BCUT2D eigenvalue weighted by atomic mass is 9.87. The molecule has 1 fully saturated rings. The normalized spacial score (nSPS) is 24.1. The van der Waals surface area contributed by atoms with Crippen molar-refractivity contribution in [2.24, 2.45) is 0 Å². The van der Waals surface area contributed by atoms with E-state index < -0.39 is 0 Å². The van der Waals surface area contributed by atoms with E-state index in [0.29, 0.717) is 0 Å². The van der Waals surface area contributed by atoms with Gasteiger partial charge in [-0.3, -0.25) is 0 Å². The summed E-state index contributed by atoms with van der Waals surface area (Å²) < 4.78 is 12.0. The fraction of sp³-hybridized carbons (Fsp3) is 0.647. The molecule has 0 saturated carbocycles. The highest BCUT2D eigenvalue weighted by Gasteiger charge is 2.40. The average Bonchev–Trinajstić information content (AvgIpc) is 2.84. The second kappa shape index (κ2) is 6.59. The van der Waals surface area contributed by atoms with Crippen molar-refractivity contribution in [2.75, 3.05) is 13.2 Å². The van der Waals surface area contributed by atoms with Crippen LogP contribution in [0, 0.1) is 0 Å². The van der Waals surface area contributed by atoms with Crippen LogP contribution in [0.2, 0.25) is 0 Å². The fourth-order valence-corrected chi connectivity index (χ4v) is 2.97. The Labute approximate surface area is 122 Å². The van der Waals surface area contributed by atoms with Gasteiger partial charge in [0.15, 0.2) is 0 Å². The zero-order valence-corrected chi connectivity index (χ0v) is 13.1. The summed E-state index contributed by atoms with van der Waals surface area (Å²) in [6.07, 6.45) is 2.39. The third kappa shape index (κ3) is 3.33. The highest BCUT2D eigenvalue weighted by atomic mass is 16.5. The Kier molecular flexibility index (Phi) is 5.06. The molecule has 3 heteroatoms. The van der Waals surface area contributed by atoms with Gasteiger partial charge in [-0.2, -0.15) is 0 Å². The first-order chi connectivity index (χ1) is 9.57. The van der Waals surface area contributed by atoms with E-state index in [2.05, 4.69) is 51.2 Å². The maximum Gasteiger partial charge on any atom is 0.124 e. The maximum absolute atomic E-state index is 6.05. The van der Waals surface area contributed by atoms with Gasteiger partial charge >= 0.3 is 0 Å². The molecule has 2 rings (SSSR count). The van der Waals surface area contributed by atoms with Gasteiger partial charge in [-0.05, 0) is 46.2 Å². The lowest BCUT2D eigenvalue weighted by molar-refractivity contribution is -0.0129. The predicted octanol–water partition coefficient (Wildman–Crippen LogP) is 3.69. The van der Waals surface area contributed by atoms with Crippen molar-refractivity contribution in [2.45, 2.75) is 58.3 Å². The molecule has 1 heterocycles. The Hall–Kier alpha value is -1.06. The van der Waals surface area contributed by atoms with Gasteiger partial charge in [0, 0.05) is 12.2 Å². The van der Waals surface area contributed by atoms with Crippen LogP contribution in [0.4, 0.5) is 0 Å². The molecule has 1 aliphatic rings. The Balaban J connectivity index is 2.33. The Morgan fingerprint density at radius 1 is 1.35 bits per heavy atom. The summed E-state index contributed by atoms with van der Waals surface area (Å²) in [4.78, 5) is 0. The van der Waals surface area contributed by atoms with Gasteiger partial charge in [0.25, 0.3) is 0 Å². The molecule has 1 aliphatic heterocycles. The van der Waals surface area contributed by atoms with E-state index in [4.69, 9.17) is 9.47 Å². The molecule has 1 aromatic rings. The minimum atomic E-state index is -0.146. The molecule has 0 bridgehead atoms. The molecule has 1 N–H and O–H groups in total. The number of para-hydroxylation sites is 1. The van der Waals surface area contributed by atoms with Crippen LogP contribution in [0.1, 0.15) is 52.1 Å². The zero-order chi connectivity index (χ0) is 14.6. The smallest absolute Gasteiger partial charge is 0.124 e. The molecular weight excluding hydrogens is 250 g/mol. The molecule has 0 spiro atoms. The zero-order valence-electron chi connectivity index (χ0n) is 13.1. The highest BCUT2D eigenvalue weighted by Crippen LogP contribution is 2.40. The van der Waals surface area contributed by atoms with Crippen LogP contribution in [0.25, 0.3) is 0 Å². The van der Waals surface area contributed by atoms with Gasteiger partial charge in [0.1, 0.15) is 5.75 Å². The molecule has 2 atom stereocenters. The number of rotatable bonds is 6. The average molecular weight is 277 g/mol. The van der Waals surface area contributed by atoms with E-state index in [-0.39, 0.29) is 17.7 Å². The van der Waals surface area contributed by atoms with Crippen molar-refractivity contribution < 1.29 is 9.47 Å². The second-order valence-corrected chi connectivity index (χ2v) is 5.96. The van der Waals surface area contributed by atoms with Gasteiger partial charge < -0.3 is 14.8 Å². The lowest BCUT2D eigenvalue weighted by Gasteiger charge is -2.35. The third-order valence-electron chi connectivity index (χ3n) is 3.86. The van der Waals surface area contributed by atoms with E-state index in [0.717, 1.165) is 31.7 Å². The molecule has 0 radical (unpaired) electrons. The van der Waals surface area contributed by atoms with E-state index in [9.17, 15) is 0 Å². The number of nitrogens with one attached hydrogen (secondary N) is 1. The minimum Gasteiger partial charge on any atom is -0.491 e. The SMILES string of the molecule is CCNC(c1ccccc1OC(C)C)C1(C)CCCO1. The molecule has 112 valence electrons. The number of ether oxygens (including phenoxy) is 2. The van der Waals surface area contributed by atoms with Gasteiger partial charge in [-0.1, -0.05) is 25.1 Å². The van der Waals surface area contributed by atoms with Crippen molar-refractivity contribution >= 4 is 0 Å². The van der Waals surface area contributed by atoms with Crippen LogP contribution in [0.3, 0.4) is 0 Å². The van der Waals surface area contributed by atoms with Crippen LogP contribution in [-0.4, -0.2) is 24.9 Å². The number of benzene rings is 1. The Bertz CT molecular complexity index is 425. The second-order valence-electron chi connectivity index (χ2n) is 5.96. The maximum atomic E-state index is 6.05. The fourth-order valence-electron chi connectivity index (χ4n) is 2.97. The topological polar surface area (TPSA) is 30.5 Å². The molecule has 0 aromatic heterocycles. The van der Waals surface area contributed by atoms with Crippen LogP contribution < -0.4 is 10.1 Å². The molecule has 1 saturated heterocycles. The quantitative estimate of drug-likeness (QED) is 0.860. The van der Waals surface area contributed by atoms with Crippen LogP contribution in [-0.2, 0) is 4.74 Å². The van der Waals surface area contributed by atoms with E-state index >= 15 is 0 Å². The number of hydrogen-bond acceptors (Lipinski definition) is 3. The molecule has 20 heavy (non-hydrogen) atoms. The minimum absolute atomic E-state index is 0.146. The summed E-state index contributed by atoms with van der Waals surface area (Å²) in [6.45, 7) is 10.2. The first-order valence-corrected chi connectivity index (χ1v) is 7.69. The van der Waals surface area contributed by atoms with Crippen LogP contribution in [0.5, 0.6) is 5.75 Å². The van der Waals surface area contributed by atoms with Crippen molar-refractivity contribution in [3.05, 3.63) is 29.8 Å². The Morgan fingerprint density at radius 3 is 2.70 bits per heavy atom. The van der Waals surface area contributed by atoms with Gasteiger partial charge in [0.2, 0.25) is 0 Å². The Morgan fingerprint density at radius 2 is 2.10 bits per heavy atom. The molecular formula is C17H27NO2. The van der Waals surface area contributed by atoms with Crippen molar-refractivity contribution in [1.82, 2.24) is 5.32 Å². The lowest BCUT2D eigenvalue weighted by Crippen LogP contribution is -2.41. The van der Waals surface area contributed by atoms with E-state index in [1.54, 1.807) is 0 Å². The van der Waals surface area contributed by atoms with Gasteiger partial charge in [0.05, 0.1) is 17.7 Å². The van der Waals surface area contributed by atoms with Gasteiger partial charge in [-0.15, -0.1) is 0 Å².